The second-order valence-electron chi connectivity index (χ2n) is 8.78. The van der Waals surface area contributed by atoms with Crippen LogP contribution in [0.5, 0.6) is 0 Å². The summed E-state index contributed by atoms with van der Waals surface area (Å²) in [7, 11) is 0. The van der Waals surface area contributed by atoms with Gasteiger partial charge in [0.2, 0.25) is 17.8 Å². The predicted molar refractivity (Wildman–Crippen MR) is 120 cm³/mol. The first-order chi connectivity index (χ1) is 15.6. The third-order valence-corrected chi connectivity index (χ3v) is 5.65. The van der Waals surface area contributed by atoms with Crippen molar-refractivity contribution in [2.45, 2.75) is 43.2 Å². The monoisotopic (exact) mass is 466 g/mol. The van der Waals surface area contributed by atoms with Crippen LogP contribution in [0.25, 0.3) is 0 Å². The quantitative estimate of drug-likeness (QED) is 0.425. The Bertz CT molecular complexity index is 907. The Balaban J connectivity index is 1.68. The first-order valence-corrected chi connectivity index (χ1v) is 10.8. The molecule has 3 heterocycles. The summed E-state index contributed by atoms with van der Waals surface area (Å²) in [5, 5.41) is 2.88. The van der Waals surface area contributed by atoms with E-state index < -0.39 is 11.7 Å². The molecule has 2 aromatic rings. The number of nitrogens with zero attached hydrogens (tertiary/aromatic N) is 5. The van der Waals surface area contributed by atoms with Gasteiger partial charge in [0.05, 0.1) is 5.56 Å². The molecule has 4 rings (SSSR count). The van der Waals surface area contributed by atoms with E-state index >= 15 is 0 Å². The molecule has 180 valence electrons. The number of hydrogen-bond donors (Lipinski definition) is 5. The maximum absolute atomic E-state index is 13.1. The zero-order chi connectivity index (χ0) is 23.8. The SMILES string of the molecule is N[C@@H]1C[C@H](N)CN(c2nc(Nc3cccc(C(F)(F)F)c3)nc(N3C[C@H](N)C[C@H](N)C3)n2)C1. The molecular weight excluding hydrogens is 437 g/mol. The largest absolute Gasteiger partial charge is 0.416 e. The molecule has 9 N–H and O–H groups in total. The highest BCUT2D eigenvalue weighted by Crippen LogP contribution is 2.31. The van der Waals surface area contributed by atoms with Crippen LogP contribution in [-0.4, -0.2) is 65.3 Å². The summed E-state index contributed by atoms with van der Waals surface area (Å²) in [6.07, 6.45) is -3.10. The number of aromatic nitrogens is 3. The lowest BCUT2D eigenvalue weighted by Crippen LogP contribution is -2.54. The highest BCUT2D eigenvalue weighted by molar-refractivity contribution is 5.57. The Morgan fingerprint density at radius 2 is 1.27 bits per heavy atom. The molecule has 4 atom stereocenters. The van der Waals surface area contributed by atoms with Crippen molar-refractivity contribution < 1.29 is 13.2 Å². The van der Waals surface area contributed by atoms with Crippen molar-refractivity contribution in [3.05, 3.63) is 29.8 Å². The fraction of sp³-hybridized carbons (Fsp3) is 0.550. The van der Waals surface area contributed by atoms with E-state index in [0.29, 0.717) is 50.9 Å². The maximum atomic E-state index is 13.1. The number of hydrogen-bond acceptors (Lipinski definition) is 10. The van der Waals surface area contributed by atoms with Crippen LogP contribution in [-0.2, 0) is 6.18 Å². The summed E-state index contributed by atoms with van der Waals surface area (Å²) in [6, 6.07) is 4.25. The number of nitrogens with one attached hydrogen (secondary N) is 1. The third-order valence-electron chi connectivity index (χ3n) is 5.65. The van der Waals surface area contributed by atoms with Crippen LogP contribution >= 0.6 is 0 Å². The molecule has 0 aliphatic carbocycles. The molecule has 0 bridgehead atoms. The Kier molecular flexibility index (Phi) is 6.56. The average molecular weight is 467 g/mol. The van der Waals surface area contributed by atoms with Gasteiger partial charge in [0.25, 0.3) is 0 Å². The van der Waals surface area contributed by atoms with Gasteiger partial charge in [-0.25, -0.2) is 0 Å². The molecule has 2 saturated heterocycles. The van der Waals surface area contributed by atoms with Crippen LogP contribution in [0.1, 0.15) is 18.4 Å². The summed E-state index contributed by atoms with van der Waals surface area (Å²) in [5.41, 5.74) is 23.9. The van der Waals surface area contributed by atoms with E-state index in [9.17, 15) is 13.2 Å². The minimum Gasteiger partial charge on any atom is -0.338 e. The van der Waals surface area contributed by atoms with Gasteiger partial charge in [0.1, 0.15) is 0 Å². The third kappa shape index (κ3) is 5.79. The maximum Gasteiger partial charge on any atom is 0.416 e. The zero-order valence-electron chi connectivity index (χ0n) is 18.0. The van der Waals surface area contributed by atoms with Gasteiger partial charge in [-0.3, -0.25) is 0 Å². The topological polar surface area (TPSA) is 161 Å². The van der Waals surface area contributed by atoms with Gasteiger partial charge in [-0.2, -0.15) is 28.1 Å². The van der Waals surface area contributed by atoms with E-state index in [1.54, 1.807) is 0 Å². The lowest BCUT2D eigenvalue weighted by Gasteiger charge is -2.37. The van der Waals surface area contributed by atoms with Crippen LogP contribution < -0.4 is 38.1 Å². The molecule has 0 saturated carbocycles. The van der Waals surface area contributed by atoms with Crippen molar-refractivity contribution in [1.82, 2.24) is 15.0 Å². The van der Waals surface area contributed by atoms with Gasteiger partial charge in [0.15, 0.2) is 0 Å². The number of anilines is 4. The molecular formula is C20H29F3N10. The van der Waals surface area contributed by atoms with E-state index in [2.05, 4.69) is 20.3 Å². The number of rotatable bonds is 4. The van der Waals surface area contributed by atoms with Gasteiger partial charge in [-0.05, 0) is 31.0 Å². The molecule has 1 aromatic carbocycles. The molecule has 1 aromatic heterocycles. The van der Waals surface area contributed by atoms with Crippen molar-refractivity contribution in [2.24, 2.45) is 22.9 Å². The molecule has 0 radical (unpaired) electrons. The fourth-order valence-corrected chi connectivity index (χ4v) is 4.28. The average Bonchev–Trinajstić information content (AvgIpc) is 2.72. The lowest BCUT2D eigenvalue weighted by atomic mass is 10.0. The van der Waals surface area contributed by atoms with Crippen LogP contribution in [0.4, 0.5) is 36.7 Å². The summed E-state index contributed by atoms with van der Waals surface area (Å²) >= 11 is 0. The number of piperidine rings is 2. The van der Waals surface area contributed by atoms with Gasteiger partial charge in [0, 0.05) is 56.0 Å². The van der Waals surface area contributed by atoms with Crippen molar-refractivity contribution in [2.75, 3.05) is 41.3 Å². The Labute approximate surface area is 189 Å². The zero-order valence-corrected chi connectivity index (χ0v) is 18.0. The van der Waals surface area contributed by atoms with Crippen molar-refractivity contribution in [1.29, 1.82) is 0 Å². The van der Waals surface area contributed by atoms with E-state index in [-0.39, 0.29) is 35.8 Å². The van der Waals surface area contributed by atoms with E-state index in [1.165, 1.54) is 12.1 Å². The number of nitrogens with two attached hydrogens (primary N) is 4. The first-order valence-electron chi connectivity index (χ1n) is 10.8. The summed E-state index contributed by atoms with van der Waals surface area (Å²) in [5.74, 6) is 0.787. The molecule has 0 spiro atoms. The highest BCUT2D eigenvalue weighted by atomic mass is 19.4. The summed E-state index contributed by atoms with van der Waals surface area (Å²) in [6.45, 7) is 2.00. The fourth-order valence-electron chi connectivity index (χ4n) is 4.28. The van der Waals surface area contributed by atoms with Crippen molar-refractivity contribution >= 4 is 23.5 Å². The normalized spacial score (nSPS) is 26.4. The highest BCUT2D eigenvalue weighted by Gasteiger charge is 2.31. The molecule has 0 unspecified atom stereocenters. The Hall–Kier alpha value is -2.74. The molecule has 33 heavy (non-hydrogen) atoms. The number of benzene rings is 1. The molecule has 2 aliphatic rings. The number of halogens is 3. The second kappa shape index (κ2) is 9.25. The smallest absolute Gasteiger partial charge is 0.338 e. The second-order valence-corrected chi connectivity index (χ2v) is 8.78. The van der Waals surface area contributed by atoms with Gasteiger partial charge < -0.3 is 38.1 Å². The van der Waals surface area contributed by atoms with Gasteiger partial charge in [-0.1, -0.05) is 6.07 Å². The molecule has 2 aliphatic heterocycles. The predicted octanol–water partition coefficient (Wildman–Crippen LogP) is 0.363. The molecule has 13 heteroatoms. The van der Waals surface area contributed by atoms with Gasteiger partial charge in [-0.15, -0.1) is 0 Å². The Morgan fingerprint density at radius 3 is 1.73 bits per heavy atom. The van der Waals surface area contributed by atoms with E-state index in [1.807, 2.05) is 9.80 Å². The first kappa shape index (κ1) is 23.4. The summed E-state index contributed by atoms with van der Waals surface area (Å²) in [4.78, 5) is 17.3. The standard InChI is InChI=1S/C20H29F3N10/c21-20(22,23)11-2-1-3-16(4-11)28-17-29-18(32-7-12(24)5-13(25)8-32)31-19(30-17)33-9-14(26)6-15(27)10-33/h1-4,12-15H,5-10,24-27H2,(H,28,29,30,31)/t12-,13+,14-,15+. The summed E-state index contributed by atoms with van der Waals surface area (Å²) < 4.78 is 39.4. The van der Waals surface area contributed by atoms with Crippen LogP contribution in [0.2, 0.25) is 0 Å². The van der Waals surface area contributed by atoms with Crippen molar-refractivity contribution in [3.8, 4) is 0 Å². The molecule has 0 amide bonds. The minimum atomic E-state index is -4.47. The van der Waals surface area contributed by atoms with E-state index in [4.69, 9.17) is 22.9 Å². The van der Waals surface area contributed by atoms with Crippen LogP contribution in [0.3, 0.4) is 0 Å². The van der Waals surface area contributed by atoms with Crippen LogP contribution in [0.15, 0.2) is 24.3 Å². The van der Waals surface area contributed by atoms with Crippen LogP contribution in [0, 0.1) is 0 Å². The molecule has 10 nitrogen and oxygen atoms in total. The van der Waals surface area contributed by atoms with Crippen molar-refractivity contribution in [3.63, 3.8) is 0 Å². The molecule has 2 fully saturated rings. The number of alkyl halides is 3. The Morgan fingerprint density at radius 1 is 0.788 bits per heavy atom. The lowest BCUT2D eigenvalue weighted by molar-refractivity contribution is -0.137. The van der Waals surface area contributed by atoms with E-state index in [0.717, 1.165) is 12.1 Å². The minimum absolute atomic E-state index is 0.106. The van der Waals surface area contributed by atoms with Gasteiger partial charge >= 0.3 is 6.18 Å².